The van der Waals surface area contributed by atoms with Gasteiger partial charge in [0.05, 0.1) is 0 Å². The summed E-state index contributed by atoms with van der Waals surface area (Å²) >= 11 is 0. The number of rotatable bonds is 4. The summed E-state index contributed by atoms with van der Waals surface area (Å²) in [5.74, 6) is 2.48. The van der Waals surface area contributed by atoms with Crippen LogP contribution in [0.2, 0.25) is 0 Å². The summed E-state index contributed by atoms with van der Waals surface area (Å²) in [5.41, 5.74) is 2.60. The van der Waals surface area contributed by atoms with Crippen molar-refractivity contribution in [1.29, 1.82) is 0 Å². The lowest BCUT2D eigenvalue weighted by molar-refractivity contribution is -0.133. The van der Waals surface area contributed by atoms with Gasteiger partial charge >= 0.3 is 0 Å². The van der Waals surface area contributed by atoms with Gasteiger partial charge in [-0.2, -0.15) is 0 Å². The topological polar surface area (TPSA) is 51.0 Å². The Hall–Kier alpha value is -2.17. The first-order valence-electron chi connectivity index (χ1n) is 9.40. The van der Waals surface area contributed by atoms with E-state index in [0.717, 1.165) is 44.7 Å². The lowest BCUT2D eigenvalue weighted by atomic mass is 9.95. The van der Waals surface area contributed by atoms with Crippen LogP contribution in [0.25, 0.3) is 0 Å². The third-order valence-electron chi connectivity index (χ3n) is 5.74. The first kappa shape index (κ1) is 16.3. The standard InChI is InChI=1S/C20H26N4O/c1-3-23-13-21-22-19(23)15-7-9-24(10-8-15)20(25)18-12-17(18)16-6-4-5-14(2)11-16/h4-6,11,13,15,17-18H,3,7-10,12H2,1-2H3/t17-,18-/m1/s1. The van der Waals surface area contributed by atoms with E-state index in [1.807, 2.05) is 6.33 Å². The Bertz CT molecular complexity index is 761. The first-order valence-corrected chi connectivity index (χ1v) is 9.40. The summed E-state index contributed by atoms with van der Waals surface area (Å²) in [6, 6.07) is 8.60. The van der Waals surface area contributed by atoms with E-state index in [2.05, 4.69) is 57.8 Å². The van der Waals surface area contributed by atoms with Crippen LogP contribution in [0.1, 0.15) is 55.0 Å². The first-order chi connectivity index (χ1) is 12.2. The summed E-state index contributed by atoms with van der Waals surface area (Å²) in [6.07, 6.45) is 4.80. The Morgan fingerprint density at radius 1 is 1.28 bits per heavy atom. The molecule has 25 heavy (non-hydrogen) atoms. The van der Waals surface area contributed by atoms with E-state index >= 15 is 0 Å². The number of piperidine rings is 1. The molecule has 1 aliphatic heterocycles. The van der Waals surface area contributed by atoms with Crippen molar-refractivity contribution in [2.45, 2.75) is 51.5 Å². The van der Waals surface area contributed by atoms with Gasteiger partial charge in [-0.3, -0.25) is 4.79 Å². The van der Waals surface area contributed by atoms with E-state index in [9.17, 15) is 4.79 Å². The molecule has 0 bridgehead atoms. The fourth-order valence-corrected chi connectivity index (χ4v) is 4.15. The molecule has 2 aliphatic rings. The smallest absolute Gasteiger partial charge is 0.226 e. The number of carbonyl (C=O) groups excluding carboxylic acids is 1. The molecule has 1 saturated carbocycles. The van der Waals surface area contributed by atoms with Crippen molar-refractivity contribution in [3.05, 3.63) is 47.5 Å². The largest absolute Gasteiger partial charge is 0.342 e. The van der Waals surface area contributed by atoms with E-state index in [1.54, 1.807) is 0 Å². The predicted octanol–water partition coefficient (Wildman–Crippen LogP) is 3.12. The van der Waals surface area contributed by atoms with Gasteiger partial charge in [-0.05, 0) is 44.6 Å². The molecule has 0 spiro atoms. The van der Waals surface area contributed by atoms with Crippen LogP contribution < -0.4 is 0 Å². The summed E-state index contributed by atoms with van der Waals surface area (Å²) in [6.45, 7) is 6.82. The average Bonchev–Trinajstić information content (AvgIpc) is 3.30. The van der Waals surface area contributed by atoms with Crippen LogP contribution in [-0.2, 0) is 11.3 Å². The molecule has 1 saturated heterocycles. The Morgan fingerprint density at radius 2 is 2.08 bits per heavy atom. The molecule has 2 atom stereocenters. The number of aromatic nitrogens is 3. The number of likely N-dealkylation sites (tertiary alicyclic amines) is 1. The maximum absolute atomic E-state index is 12.8. The summed E-state index contributed by atoms with van der Waals surface area (Å²) in [5, 5.41) is 8.34. The van der Waals surface area contributed by atoms with Crippen molar-refractivity contribution in [1.82, 2.24) is 19.7 Å². The van der Waals surface area contributed by atoms with Gasteiger partial charge in [-0.15, -0.1) is 10.2 Å². The lowest BCUT2D eigenvalue weighted by Gasteiger charge is -2.32. The predicted molar refractivity (Wildman–Crippen MR) is 96.3 cm³/mol. The zero-order chi connectivity index (χ0) is 17.4. The zero-order valence-electron chi connectivity index (χ0n) is 15.1. The summed E-state index contributed by atoms with van der Waals surface area (Å²) in [7, 11) is 0. The maximum Gasteiger partial charge on any atom is 0.226 e. The Kier molecular flexibility index (Phi) is 4.32. The molecule has 132 valence electrons. The molecule has 0 N–H and O–H groups in total. The normalized spacial score (nSPS) is 23.7. The molecule has 1 amide bonds. The van der Waals surface area contributed by atoms with Crippen molar-refractivity contribution in [2.24, 2.45) is 5.92 Å². The highest BCUT2D eigenvalue weighted by molar-refractivity contribution is 5.83. The quantitative estimate of drug-likeness (QED) is 0.861. The van der Waals surface area contributed by atoms with Crippen LogP contribution >= 0.6 is 0 Å². The average molecular weight is 338 g/mol. The second-order valence-corrected chi connectivity index (χ2v) is 7.44. The van der Waals surface area contributed by atoms with Gasteiger partial charge in [0, 0.05) is 31.5 Å². The molecule has 2 aromatic rings. The van der Waals surface area contributed by atoms with Crippen LogP contribution in [-0.4, -0.2) is 38.7 Å². The van der Waals surface area contributed by atoms with E-state index in [1.165, 1.54) is 11.1 Å². The maximum atomic E-state index is 12.8. The molecule has 5 nitrogen and oxygen atoms in total. The zero-order valence-corrected chi connectivity index (χ0v) is 15.1. The van der Waals surface area contributed by atoms with Crippen molar-refractivity contribution < 1.29 is 4.79 Å². The van der Waals surface area contributed by atoms with Crippen LogP contribution in [0.4, 0.5) is 0 Å². The van der Waals surface area contributed by atoms with Gasteiger partial charge < -0.3 is 9.47 Å². The number of aryl methyl sites for hydroxylation is 2. The van der Waals surface area contributed by atoms with E-state index in [0.29, 0.717) is 17.7 Å². The molecule has 1 aromatic heterocycles. The molecule has 2 heterocycles. The van der Waals surface area contributed by atoms with Gasteiger partial charge in [0.15, 0.2) is 0 Å². The van der Waals surface area contributed by atoms with Crippen LogP contribution in [0, 0.1) is 12.8 Å². The second kappa shape index (κ2) is 6.62. The minimum absolute atomic E-state index is 0.192. The van der Waals surface area contributed by atoms with Gasteiger partial charge in [0.1, 0.15) is 12.2 Å². The second-order valence-electron chi connectivity index (χ2n) is 7.44. The van der Waals surface area contributed by atoms with Crippen LogP contribution in [0.15, 0.2) is 30.6 Å². The van der Waals surface area contributed by atoms with Crippen LogP contribution in [0.3, 0.4) is 0 Å². The van der Waals surface area contributed by atoms with E-state index in [4.69, 9.17) is 0 Å². The summed E-state index contributed by atoms with van der Waals surface area (Å²) < 4.78 is 2.12. The van der Waals surface area contributed by atoms with Crippen molar-refractivity contribution in [3.8, 4) is 0 Å². The van der Waals surface area contributed by atoms with Gasteiger partial charge in [0.2, 0.25) is 5.91 Å². The van der Waals surface area contributed by atoms with Crippen molar-refractivity contribution >= 4 is 5.91 Å². The van der Waals surface area contributed by atoms with Gasteiger partial charge in [0.25, 0.3) is 0 Å². The lowest BCUT2D eigenvalue weighted by Crippen LogP contribution is -2.39. The molecule has 0 unspecified atom stereocenters. The molecule has 5 heteroatoms. The minimum Gasteiger partial charge on any atom is -0.342 e. The number of amides is 1. The molecule has 1 aromatic carbocycles. The number of hydrogen-bond donors (Lipinski definition) is 0. The highest BCUT2D eigenvalue weighted by atomic mass is 16.2. The molecule has 1 aliphatic carbocycles. The fraction of sp³-hybridized carbons (Fsp3) is 0.550. The van der Waals surface area contributed by atoms with Crippen molar-refractivity contribution in [3.63, 3.8) is 0 Å². The number of hydrogen-bond acceptors (Lipinski definition) is 3. The van der Waals surface area contributed by atoms with Gasteiger partial charge in [-0.25, -0.2) is 0 Å². The van der Waals surface area contributed by atoms with E-state index < -0.39 is 0 Å². The third-order valence-corrected chi connectivity index (χ3v) is 5.74. The highest BCUT2D eigenvalue weighted by Gasteiger charge is 2.46. The molecule has 0 radical (unpaired) electrons. The Balaban J connectivity index is 1.35. The molecule has 4 rings (SSSR count). The molecular weight excluding hydrogens is 312 g/mol. The number of carbonyl (C=O) groups is 1. The molecular formula is C20H26N4O. The monoisotopic (exact) mass is 338 g/mol. The van der Waals surface area contributed by atoms with E-state index in [-0.39, 0.29) is 5.92 Å². The molecule has 2 fully saturated rings. The number of nitrogens with zero attached hydrogens (tertiary/aromatic N) is 4. The Labute approximate surface area is 149 Å². The van der Waals surface area contributed by atoms with Gasteiger partial charge in [-0.1, -0.05) is 29.8 Å². The number of benzene rings is 1. The Morgan fingerprint density at radius 3 is 2.80 bits per heavy atom. The SMILES string of the molecule is CCn1cnnc1C1CCN(C(=O)[C@@H]2C[C@@H]2c2cccc(C)c2)CC1. The summed E-state index contributed by atoms with van der Waals surface area (Å²) in [4.78, 5) is 14.9. The van der Waals surface area contributed by atoms with Crippen LogP contribution in [0.5, 0.6) is 0 Å². The van der Waals surface area contributed by atoms with Crippen molar-refractivity contribution in [2.75, 3.05) is 13.1 Å². The third kappa shape index (κ3) is 3.20. The minimum atomic E-state index is 0.192. The fourth-order valence-electron chi connectivity index (χ4n) is 4.15. The highest BCUT2D eigenvalue weighted by Crippen LogP contribution is 2.49.